The zero-order chi connectivity index (χ0) is 13.0. The van der Waals surface area contributed by atoms with Crippen LogP contribution in [0.15, 0.2) is 24.7 Å². The molecule has 2 aromatic heterocycles. The van der Waals surface area contributed by atoms with Gasteiger partial charge in [-0.15, -0.1) is 0 Å². The average Bonchev–Trinajstić information content (AvgIpc) is 2.92. The summed E-state index contributed by atoms with van der Waals surface area (Å²) >= 11 is 0. The Morgan fingerprint density at radius 1 is 1.32 bits per heavy atom. The van der Waals surface area contributed by atoms with Crippen LogP contribution in [0.3, 0.4) is 0 Å². The minimum Gasteiger partial charge on any atom is -0.385 e. The van der Waals surface area contributed by atoms with Crippen LogP contribution in [0.5, 0.6) is 0 Å². The number of hydrogen-bond acceptors (Lipinski definition) is 4. The molecular formula is C14H18N4O. The van der Waals surface area contributed by atoms with Crippen LogP contribution < -0.4 is 0 Å². The molecule has 2 aliphatic heterocycles. The third-order valence-corrected chi connectivity index (χ3v) is 4.91. The van der Waals surface area contributed by atoms with Crippen molar-refractivity contribution in [2.24, 2.45) is 0 Å². The topological polar surface area (TPSA) is 53.7 Å². The SMILES string of the molecule is CN1C2CCC1CC(O)(c1cnn3cccnc13)C2. The van der Waals surface area contributed by atoms with E-state index in [1.807, 2.05) is 12.3 Å². The molecule has 2 fully saturated rings. The van der Waals surface area contributed by atoms with Crippen molar-refractivity contribution in [3.63, 3.8) is 0 Å². The molecule has 0 spiro atoms. The lowest BCUT2D eigenvalue weighted by atomic mass is 9.82. The largest absolute Gasteiger partial charge is 0.385 e. The third kappa shape index (κ3) is 1.55. The Morgan fingerprint density at radius 2 is 2.05 bits per heavy atom. The second-order valence-corrected chi connectivity index (χ2v) is 5.94. The molecule has 0 aliphatic carbocycles. The zero-order valence-electron chi connectivity index (χ0n) is 11.0. The Balaban J connectivity index is 1.79. The predicted octanol–water partition coefficient (Wildman–Crippen LogP) is 1.17. The molecule has 5 nitrogen and oxygen atoms in total. The van der Waals surface area contributed by atoms with Gasteiger partial charge in [0.15, 0.2) is 5.65 Å². The second-order valence-electron chi connectivity index (χ2n) is 5.94. The van der Waals surface area contributed by atoms with Crippen molar-refractivity contribution >= 4 is 5.65 Å². The fraction of sp³-hybridized carbons (Fsp3) is 0.571. The van der Waals surface area contributed by atoms with Crippen molar-refractivity contribution in [1.29, 1.82) is 0 Å². The van der Waals surface area contributed by atoms with Crippen LogP contribution >= 0.6 is 0 Å². The van der Waals surface area contributed by atoms with Gasteiger partial charge in [-0.05, 0) is 38.8 Å². The van der Waals surface area contributed by atoms with E-state index in [1.54, 1.807) is 16.9 Å². The molecule has 0 amide bonds. The van der Waals surface area contributed by atoms with Gasteiger partial charge in [0.1, 0.15) is 0 Å². The third-order valence-electron chi connectivity index (χ3n) is 4.91. The fourth-order valence-corrected chi connectivity index (χ4v) is 3.82. The molecule has 4 heterocycles. The van der Waals surface area contributed by atoms with Gasteiger partial charge in [-0.1, -0.05) is 0 Å². The standard InChI is InChI=1S/C14H18N4O/c1-17-10-3-4-11(17)8-14(19,7-10)12-9-16-18-6-2-5-15-13(12)18/h2,5-6,9-11,19H,3-4,7-8H2,1H3. The summed E-state index contributed by atoms with van der Waals surface area (Å²) < 4.78 is 1.74. The zero-order valence-corrected chi connectivity index (χ0v) is 11.0. The molecule has 0 aromatic carbocycles. The van der Waals surface area contributed by atoms with E-state index >= 15 is 0 Å². The van der Waals surface area contributed by atoms with E-state index in [-0.39, 0.29) is 0 Å². The first-order chi connectivity index (χ1) is 9.17. The van der Waals surface area contributed by atoms with E-state index in [0.717, 1.165) is 24.1 Å². The lowest BCUT2D eigenvalue weighted by molar-refractivity contribution is -0.0484. The van der Waals surface area contributed by atoms with E-state index in [0.29, 0.717) is 12.1 Å². The minimum absolute atomic E-state index is 0.488. The summed E-state index contributed by atoms with van der Waals surface area (Å²) in [5, 5.41) is 15.4. The van der Waals surface area contributed by atoms with Crippen molar-refractivity contribution in [2.75, 3.05) is 7.05 Å². The van der Waals surface area contributed by atoms with Gasteiger partial charge in [-0.2, -0.15) is 5.10 Å². The van der Waals surface area contributed by atoms with Crippen LogP contribution in [0, 0.1) is 0 Å². The normalized spacial score (nSPS) is 35.1. The summed E-state index contributed by atoms with van der Waals surface area (Å²) in [6, 6.07) is 2.83. The second kappa shape index (κ2) is 3.77. The molecule has 1 N–H and O–H groups in total. The lowest BCUT2D eigenvalue weighted by Crippen LogP contribution is -2.47. The van der Waals surface area contributed by atoms with E-state index in [9.17, 15) is 5.11 Å². The molecule has 2 unspecified atom stereocenters. The van der Waals surface area contributed by atoms with Crippen LogP contribution in [0.2, 0.25) is 0 Å². The van der Waals surface area contributed by atoms with Gasteiger partial charge in [-0.3, -0.25) is 0 Å². The molecule has 2 atom stereocenters. The summed E-state index contributed by atoms with van der Waals surface area (Å²) in [6.07, 6.45) is 9.38. The molecule has 0 saturated carbocycles. The molecular weight excluding hydrogens is 240 g/mol. The first-order valence-corrected chi connectivity index (χ1v) is 6.90. The van der Waals surface area contributed by atoms with Crippen molar-refractivity contribution in [2.45, 2.75) is 43.4 Å². The van der Waals surface area contributed by atoms with Gasteiger partial charge in [0.05, 0.1) is 11.8 Å². The van der Waals surface area contributed by atoms with Crippen LogP contribution in [0.25, 0.3) is 5.65 Å². The Bertz CT molecular complexity index is 609. The van der Waals surface area contributed by atoms with Crippen molar-refractivity contribution < 1.29 is 5.11 Å². The number of aromatic nitrogens is 3. The van der Waals surface area contributed by atoms with Gasteiger partial charge >= 0.3 is 0 Å². The van der Waals surface area contributed by atoms with Crippen molar-refractivity contribution in [1.82, 2.24) is 19.5 Å². The Labute approximate surface area is 111 Å². The Hall–Kier alpha value is -1.46. The highest BCUT2D eigenvalue weighted by Gasteiger charge is 2.48. The highest BCUT2D eigenvalue weighted by atomic mass is 16.3. The van der Waals surface area contributed by atoms with Crippen LogP contribution in [0.1, 0.15) is 31.2 Å². The number of aliphatic hydroxyl groups is 1. The van der Waals surface area contributed by atoms with Crippen LogP contribution in [-0.4, -0.2) is 43.7 Å². The smallest absolute Gasteiger partial charge is 0.160 e. The minimum atomic E-state index is -0.769. The number of nitrogens with zero attached hydrogens (tertiary/aromatic N) is 4. The molecule has 2 aliphatic rings. The van der Waals surface area contributed by atoms with Crippen LogP contribution in [0.4, 0.5) is 0 Å². The lowest BCUT2D eigenvalue weighted by Gasteiger charge is -2.41. The van der Waals surface area contributed by atoms with E-state index in [4.69, 9.17) is 0 Å². The van der Waals surface area contributed by atoms with E-state index in [2.05, 4.69) is 22.0 Å². The van der Waals surface area contributed by atoms with Crippen LogP contribution in [-0.2, 0) is 5.60 Å². The maximum atomic E-state index is 11.1. The average molecular weight is 258 g/mol. The maximum Gasteiger partial charge on any atom is 0.160 e. The van der Waals surface area contributed by atoms with Crippen molar-refractivity contribution in [3.8, 4) is 0 Å². The Kier molecular flexibility index (Phi) is 2.26. The maximum absolute atomic E-state index is 11.1. The first-order valence-electron chi connectivity index (χ1n) is 6.90. The van der Waals surface area contributed by atoms with Gasteiger partial charge in [0, 0.05) is 30.0 Å². The molecule has 5 heteroatoms. The number of hydrogen-bond donors (Lipinski definition) is 1. The number of fused-ring (bicyclic) bond motifs is 3. The quantitative estimate of drug-likeness (QED) is 0.834. The number of piperidine rings is 1. The van der Waals surface area contributed by atoms with Crippen molar-refractivity contribution in [3.05, 3.63) is 30.2 Å². The van der Waals surface area contributed by atoms with Gasteiger partial charge in [-0.25, -0.2) is 9.50 Å². The molecule has 0 radical (unpaired) electrons. The van der Waals surface area contributed by atoms with Gasteiger partial charge in [0.2, 0.25) is 0 Å². The first kappa shape index (κ1) is 11.4. The Morgan fingerprint density at radius 3 is 2.79 bits per heavy atom. The molecule has 100 valence electrons. The monoisotopic (exact) mass is 258 g/mol. The highest BCUT2D eigenvalue weighted by molar-refractivity contribution is 5.49. The highest BCUT2D eigenvalue weighted by Crippen LogP contribution is 2.45. The molecule has 2 saturated heterocycles. The summed E-state index contributed by atoms with van der Waals surface area (Å²) in [5.74, 6) is 0. The molecule has 2 aromatic rings. The van der Waals surface area contributed by atoms with E-state index in [1.165, 1.54) is 12.8 Å². The number of rotatable bonds is 1. The van der Waals surface area contributed by atoms with E-state index < -0.39 is 5.60 Å². The summed E-state index contributed by atoms with van der Waals surface area (Å²) in [6.45, 7) is 0. The summed E-state index contributed by atoms with van der Waals surface area (Å²) in [5.41, 5.74) is 0.904. The predicted molar refractivity (Wildman–Crippen MR) is 70.7 cm³/mol. The molecule has 2 bridgehead atoms. The fourth-order valence-electron chi connectivity index (χ4n) is 3.82. The van der Waals surface area contributed by atoms with Gasteiger partial charge < -0.3 is 10.0 Å². The summed E-state index contributed by atoms with van der Waals surface area (Å²) in [7, 11) is 2.18. The molecule has 4 rings (SSSR count). The van der Waals surface area contributed by atoms with Gasteiger partial charge in [0.25, 0.3) is 0 Å². The summed E-state index contributed by atoms with van der Waals surface area (Å²) in [4.78, 5) is 6.80. The molecule has 19 heavy (non-hydrogen) atoms.